The van der Waals surface area contributed by atoms with E-state index in [2.05, 4.69) is 9.88 Å². The van der Waals surface area contributed by atoms with Crippen molar-refractivity contribution in [3.8, 4) is 0 Å². The normalized spacial score (nSPS) is 17.2. The number of hydrogen-bond donors (Lipinski definition) is 4. The number of carboxylic acid groups (broad SMARTS) is 1. The molecule has 1 aromatic heterocycles. The SMILES string of the molecule is Cc1ccc(C(O)CN2CCc3c([nH]c4ccc(Cl)cc34)C2CO)cc1Cl.O=CO. The van der Waals surface area contributed by atoms with E-state index in [1.165, 1.54) is 5.56 Å². The molecule has 3 aromatic rings. The molecule has 2 unspecified atom stereocenters. The van der Waals surface area contributed by atoms with E-state index < -0.39 is 6.10 Å². The Balaban J connectivity index is 0.000000806. The number of halogens is 2. The van der Waals surface area contributed by atoms with Crippen molar-refractivity contribution in [3.63, 3.8) is 0 Å². The summed E-state index contributed by atoms with van der Waals surface area (Å²) in [4.78, 5) is 13.9. The predicted octanol–water partition coefficient (Wildman–Crippen LogP) is 4.11. The largest absolute Gasteiger partial charge is 0.483 e. The van der Waals surface area contributed by atoms with Crippen LogP contribution in [0.5, 0.6) is 0 Å². The molecule has 2 aromatic carbocycles. The number of aliphatic hydroxyl groups is 2. The maximum Gasteiger partial charge on any atom is 0.290 e. The van der Waals surface area contributed by atoms with E-state index in [4.69, 9.17) is 33.1 Å². The minimum Gasteiger partial charge on any atom is -0.483 e. The molecule has 0 saturated heterocycles. The average Bonchev–Trinajstić information content (AvgIpc) is 3.08. The topological polar surface area (TPSA) is 96.8 Å². The van der Waals surface area contributed by atoms with Gasteiger partial charge < -0.3 is 20.3 Å². The lowest BCUT2D eigenvalue weighted by Crippen LogP contribution is -2.39. The van der Waals surface area contributed by atoms with Gasteiger partial charge in [-0.1, -0.05) is 35.3 Å². The average molecular weight is 451 g/mol. The summed E-state index contributed by atoms with van der Waals surface area (Å²) in [5.74, 6) is 0. The molecule has 6 nitrogen and oxygen atoms in total. The van der Waals surface area contributed by atoms with Gasteiger partial charge in [0.1, 0.15) is 0 Å². The van der Waals surface area contributed by atoms with E-state index in [0.29, 0.717) is 16.6 Å². The number of H-pyrrole nitrogens is 1. The molecule has 0 saturated carbocycles. The molecule has 0 fully saturated rings. The standard InChI is InChI=1S/C21H22Cl2N2O2.CH2O2/c1-12-2-3-13(8-17(12)23)20(27)10-25-7-6-15-16-9-14(22)4-5-18(16)24-21(15)19(25)11-26;2-1-3/h2-5,8-9,19-20,24,26-27H,6-7,10-11H2,1H3;1H,(H,2,3). The van der Waals surface area contributed by atoms with Crippen molar-refractivity contribution in [2.24, 2.45) is 0 Å². The van der Waals surface area contributed by atoms with Crippen molar-refractivity contribution >= 4 is 40.6 Å². The van der Waals surface area contributed by atoms with Crippen LogP contribution in [-0.4, -0.2) is 51.4 Å². The first-order chi connectivity index (χ1) is 14.4. The van der Waals surface area contributed by atoms with Crippen LogP contribution in [0.25, 0.3) is 10.9 Å². The fourth-order valence-corrected chi connectivity index (χ4v) is 4.32. The first-order valence-corrected chi connectivity index (χ1v) is 10.3. The molecule has 0 bridgehead atoms. The first-order valence-electron chi connectivity index (χ1n) is 9.56. The van der Waals surface area contributed by atoms with Gasteiger partial charge in [-0.25, -0.2) is 0 Å². The summed E-state index contributed by atoms with van der Waals surface area (Å²) in [6, 6.07) is 11.3. The van der Waals surface area contributed by atoms with E-state index in [1.807, 2.05) is 43.3 Å². The quantitative estimate of drug-likeness (QED) is 0.448. The van der Waals surface area contributed by atoms with Gasteiger partial charge in [0.05, 0.1) is 18.8 Å². The summed E-state index contributed by atoms with van der Waals surface area (Å²) >= 11 is 12.4. The number of aliphatic hydroxyl groups excluding tert-OH is 2. The zero-order chi connectivity index (χ0) is 21.8. The zero-order valence-electron chi connectivity index (χ0n) is 16.5. The second-order valence-electron chi connectivity index (χ2n) is 7.28. The molecule has 160 valence electrons. The molecule has 1 aliphatic heterocycles. The number of carbonyl (C=O) groups is 1. The lowest BCUT2D eigenvalue weighted by atomic mass is 9.96. The Bertz CT molecular complexity index is 1040. The van der Waals surface area contributed by atoms with Gasteiger partial charge in [-0.15, -0.1) is 0 Å². The van der Waals surface area contributed by atoms with E-state index in [1.54, 1.807) is 0 Å². The molecule has 1 aliphatic rings. The smallest absolute Gasteiger partial charge is 0.290 e. The molecule has 2 atom stereocenters. The van der Waals surface area contributed by atoms with Crippen LogP contribution < -0.4 is 0 Å². The third kappa shape index (κ3) is 4.63. The number of benzene rings is 2. The fourth-order valence-electron chi connectivity index (χ4n) is 3.96. The zero-order valence-corrected chi connectivity index (χ0v) is 18.0. The summed E-state index contributed by atoms with van der Waals surface area (Å²) in [5, 5.41) is 30.1. The number of β-amino-alcohol motifs (C(OH)–C–C–N with tert-alkyl or cyclic N) is 1. The molecule has 4 N–H and O–H groups in total. The van der Waals surface area contributed by atoms with Crippen molar-refractivity contribution in [2.45, 2.75) is 25.5 Å². The number of hydrogen-bond acceptors (Lipinski definition) is 4. The number of aromatic nitrogens is 1. The van der Waals surface area contributed by atoms with Gasteiger partial charge in [0.25, 0.3) is 6.47 Å². The second kappa shape index (κ2) is 9.81. The maximum absolute atomic E-state index is 10.7. The highest BCUT2D eigenvalue weighted by molar-refractivity contribution is 6.31. The van der Waals surface area contributed by atoms with Gasteiger partial charge in [0.2, 0.25) is 0 Å². The van der Waals surface area contributed by atoms with Gasteiger partial charge in [0.15, 0.2) is 0 Å². The van der Waals surface area contributed by atoms with Gasteiger partial charge in [-0.2, -0.15) is 0 Å². The van der Waals surface area contributed by atoms with Crippen LogP contribution in [0.15, 0.2) is 36.4 Å². The third-order valence-electron chi connectivity index (χ3n) is 5.49. The number of aromatic amines is 1. The molecule has 8 heteroatoms. The van der Waals surface area contributed by atoms with Crippen molar-refractivity contribution < 1.29 is 20.1 Å². The summed E-state index contributed by atoms with van der Waals surface area (Å²) in [5.41, 5.74) is 5.01. The molecular formula is C22H24Cl2N2O4. The van der Waals surface area contributed by atoms with E-state index in [-0.39, 0.29) is 19.1 Å². The highest BCUT2D eigenvalue weighted by Crippen LogP contribution is 2.36. The third-order valence-corrected chi connectivity index (χ3v) is 6.13. The Morgan fingerprint density at radius 2 is 2.00 bits per heavy atom. The number of nitrogens with one attached hydrogen (secondary N) is 1. The Morgan fingerprint density at radius 3 is 2.67 bits per heavy atom. The van der Waals surface area contributed by atoms with Crippen LogP contribution in [0.3, 0.4) is 0 Å². The van der Waals surface area contributed by atoms with E-state index in [0.717, 1.165) is 40.7 Å². The van der Waals surface area contributed by atoms with Gasteiger partial charge in [0, 0.05) is 39.7 Å². The van der Waals surface area contributed by atoms with Crippen molar-refractivity contribution in [1.29, 1.82) is 0 Å². The number of aryl methyl sites for hydroxylation is 1. The molecule has 0 amide bonds. The minimum atomic E-state index is -0.669. The highest BCUT2D eigenvalue weighted by Gasteiger charge is 2.31. The molecular weight excluding hydrogens is 427 g/mol. The minimum absolute atomic E-state index is 0.0189. The van der Waals surface area contributed by atoms with Crippen LogP contribution >= 0.6 is 23.2 Å². The maximum atomic E-state index is 10.7. The highest BCUT2D eigenvalue weighted by atomic mass is 35.5. The predicted molar refractivity (Wildman–Crippen MR) is 118 cm³/mol. The monoisotopic (exact) mass is 450 g/mol. The Kier molecular flexibility index (Phi) is 7.39. The van der Waals surface area contributed by atoms with Gasteiger partial charge in [-0.3, -0.25) is 9.69 Å². The molecule has 4 rings (SSSR count). The Hall–Kier alpha value is -2.09. The Labute approximate surface area is 184 Å². The van der Waals surface area contributed by atoms with Gasteiger partial charge >= 0.3 is 0 Å². The summed E-state index contributed by atoms with van der Waals surface area (Å²) in [6.45, 7) is 2.86. The fraction of sp³-hybridized carbons (Fsp3) is 0.318. The van der Waals surface area contributed by atoms with Crippen molar-refractivity contribution in [2.75, 3.05) is 19.7 Å². The molecule has 0 spiro atoms. The lowest BCUT2D eigenvalue weighted by molar-refractivity contribution is -0.122. The molecule has 0 radical (unpaired) electrons. The van der Waals surface area contributed by atoms with Crippen LogP contribution in [0.4, 0.5) is 0 Å². The van der Waals surface area contributed by atoms with E-state index >= 15 is 0 Å². The summed E-state index contributed by atoms with van der Waals surface area (Å²) in [6.07, 6.45) is 0.172. The van der Waals surface area contributed by atoms with Crippen LogP contribution in [0.1, 0.15) is 34.5 Å². The number of fused-ring (bicyclic) bond motifs is 3. The van der Waals surface area contributed by atoms with Crippen LogP contribution in [-0.2, 0) is 11.2 Å². The first kappa shape index (κ1) is 22.6. The van der Waals surface area contributed by atoms with Crippen LogP contribution in [0.2, 0.25) is 10.0 Å². The second-order valence-corrected chi connectivity index (χ2v) is 8.12. The summed E-state index contributed by atoms with van der Waals surface area (Å²) < 4.78 is 0. The van der Waals surface area contributed by atoms with Crippen LogP contribution in [0, 0.1) is 6.92 Å². The van der Waals surface area contributed by atoms with E-state index in [9.17, 15) is 10.2 Å². The van der Waals surface area contributed by atoms with Gasteiger partial charge in [-0.05, 0) is 54.3 Å². The van der Waals surface area contributed by atoms with Crippen molar-refractivity contribution in [1.82, 2.24) is 9.88 Å². The molecule has 0 aliphatic carbocycles. The number of rotatable bonds is 4. The lowest BCUT2D eigenvalue weighted by Gasteiger charge is -2.36. The molecule has 2 heterocycles. The van der Waals surface area contributed by atoms with Crippen molar-refractivity contribution in [3.05, 3.63) is 68.8 Å². The summed E-state index contributed by atoms with van der Waals surface area (Å²) in [7, 11) is 0. The number of nitrogens with zero attached hydrogens (tertiary/aromatic N) is 1. The Morgan fingerprint density at radius 1 is 1.27 bits per heavy atom. The molecule has 30 heavy (non-hydrogen) atoms.